The van der Waals surface area contributed by atoms with E-state index in [0.29, 0.717) is 31.7 Å². The zero-order valence-corrected chi connectivity index (χ0v) is 20.4. The third-order valence-electron chi connectivity index (χ3n) is 6.40. The Balaban J connectivity index is 1.71. The largest absolute Gasteiger partial charge is 0.444 e. The molecule has 2 N–H and O–H groups in total. The molecule has 0 aliphatic carbocycles. The minimum absolute atomic E-state index is 0.0796. The molecule has 3 amide bonds. The van der Waals surface area contributed by atoms with Gasteiger partial charge in [-0.25, -0.2) is 4.79 Å². The van der Waals surface area contributed by atoms with Gasteiger partial charge in [-0.1, -0.05) is 6.58 Å². The quantitative estimate of drug-likeness (QED) is 0.613. The summed E-state index contributed by atoms with van der Waals surface area (Å²) in [5.74, 6) is -1.13. The Kier molecular flexibility index (Phi) is 7.05. The van der Waals surface area contributed by atoms with E-state index in [0.717, 1.165) is 11.3 Å². The predicted octanol–water partition coefficient (Wildman–Crippen LogP) is 2.48. The van der Waals surface area contributed by atoms with Crippen molar-refractivity contribution in [1.82, 2.24) is 9.80 Å². The fourth-order valence-corrected chi connectivity index (χ4v) is 4.24. The minimum atomic E-state index is -1.28. The van der Waals surface area contributed by atoms with Crippen LogP contribution in [-0.4, -0.2) is 70.8 Å². The van der Waals surface area contributed by atoms with Crippen molar-refractivity contribution in [1.29, 1.82) is 0 Å². The molecule has 2 heterocycles. The molecule has 9 nitrogen and oxygen atoms in total. The second-order valence-corrected chi connectivity index (χ2v) is 10.00. The van der Waals surface area contributed by atoms with Crippen LogP contribution in [0.1, 0.15) is 56.5 Å². The number of piperazine rings is 1. The van der Waals surface area contributed by atoms with Crippen LogP contribution < -0.4 is 10.6 Å². The van der Waals surface area contributed by atoms with Gasteiger partial charge in [-0.2, -0.15) is 0 Å². The molecule has 1 saturated heterocycles. The molecule has 9 heteroatoms. The summed E-state index contributed by atoms with van der Waals surface area (Å²) >= 11 is 0. The third kappa shape index (κ3) is 5.24. The lowest BCUT2D eigenvalue weighted by Gasteiger charge is -2.37. The lowest BCUT2D eigenvalue weighted by atomic mass is 9.91. The Labute approximate surface area is 200 Å². The maximum Gasteiger partial charge on any atom is 0.410 e. The maximum atomic E-state index is 13.1. The zero-order valence-electron chi connectivity index (χ0n) is 20.4. The number of ketones is 1. The van der Waals surface area contributed by atoms with Crippen molar-refractivity contribution in [3.8, 4) is 0 Å². The predicted molar refractivity (Wildman–Crippen MR) is 128 cm³/mol. The highest BCUT2D eigenvalue weighted by Gasteiger charge is 2.44. The Hall–Kier alpha value is -3.36. The van der Waals surface area contributed by atoms with E-state index in [9.17, 15) is 19.2 Å². The van der Waals surface area contributed by atoms with E-state index in [1.54, 1.807) is 17.9 Å². The molecule has 0 radical (unpaired) electrons. The molecule has 1 fully saturated rings. The summed E-state index contributed by atoms with van der Waals surface area (Å²) in [6.45, 7) is 13.2. The van der Waals surface area contributed by atoms with Gasteiger partial charge in [-0.15, -0.1) is 0 Å². The van der Waals surface area contributed by atoms with Gasteiger partial charge in [0.25, 0.3) is 5.91 Å². The number of benzene rings is 1. The van der Waals surface area contributed by atoms with Crippen molar-refractivity contribution in [3.63, 3.8) is 0 Å². The van der Waals surface area contributed by atoms with E-state index < -0.39 is 17.0 Å². The van der Waals surface area contributed by atoms with Gasteiger partial charge >= 0.3 is 6.09 Å². The maximum absolute atomic E-state index is 13.1. The van der Waals surface area contributed by atoms with Gasteiger partial charge in [-0.05, 0) is 64.0 Å². The van der Waals surface area contributed by atoms with E-state index in [1.165, 1.54) is 11.0 Å². The first-order valence-electron chi connectivity index (χ1n) is 11.5. The van der Waals surface area contributed by atoms with E-state index >= 15 is 0 Å². The van der Waals surface area contributed by atoms with E-state index in [4.69, 9.17) is 10.5 Å². The van der Waals surface area contributed by atoms with E-state index in [2.05, 4.69) is 11.5 Å². The number of hydrogen-bond acceptors (Lipinski definition) is 6. The number of carbonyl (C=O) groups excluding carboxylic acids is 4. The highest BCUT2D eigenvalue weighted by Crippen LogP contribution is 2.34. The molecule has 0 aromatic heterocycles. The van der Waals surface area contributed by atoms with Crippen molar-refractivity contribution >= 4 is 29.4 Å². The van der Waals surface area contributed by atoms with Gasteiger partial charge < -0.3 is 25.2 Å². The van der Waals surface area contributed by atoms with Crippen molar-refractivity contribution in [2.24, 2.45) is 5.73 Å². The summed E-state index contributed by atoms with van der Waals surface area (Å²) in [4.78, 5) is 54.8. The van der Waals surface area contributed by atoms with Gasteiger partial charge in [0, 0.05) is 50.4 Å². The van der Waals surface area contributed by atoms with Gasteiger partial charge in [0.1, 0.15) is 11.1 Å². The van der Waals surface area contributed by atoms with Crippen LogP contribution in [0.4, 0.5) is 10.5 Å². The molecule has 2 aliphatic heterocycles. The van der Waals surface area contributed by atoms with Gasteiger partial charge in [0.05, 0.1) is 0 Å². The fourth-order valence-electron chi connectivity index (χ4n) is 4.24. The number of anilines is 1. The number of rotatable bonds is 7. The standard InChI is InChI=1S/C25H34N4O5/c1-6-19(30)9-10-25(5,22(26)32)29-16-17-15-18(7-8-20(17)21(29)31)27-11-13-28(14-12-27)23(33)34-24(2,3)4/h6-8,15H,1,9-14,16H2,2-5H3,(H2,26,32)/t25-/m0/s1. The van der Waals surface area contributed by atoms with Gasteiger partial charge in [-0.3, -0.25) is 14.4 Å². The lowest BCUT2D eigenvalue weighted by Crippen LogP contribution is -2.55. The molecule has 3 rings (SSSR count). The van der Waals surface area contributed by atoms with Crippen molar-refractivity contribution in [2.45, 2.75) is 58.2 Å². The fraction of sp³-hybridized carbons (Fsp3) is 0.520. The number of amides is 3. The lowest BCUT2D eigenvalue weighted by molar-refractivity contribution is -0.129. The van der Waals surface area contributed by atoms with Crippen LogP contribution in [-0.2, 0) is 20.9 Å². The number of hydrogen-bond donors (Lipinski definition) is 1. The molecule has 2 aliphatic rings. The van der Waals surface area contributed by atoms with Gasteiger partial charge in [0.15, 0.2) is 5.78 Å². The normalized spacial score (nSPS) is 17.8. The van der Waals surface area contributed by atoms with Crippen molar-refractivity contribution in [2.75, 3.05) is 31.1 Å². The second kappa shape index (κ2) is 9.48. The van der Waals surface area contributed by atoms with Crippen LogP contribution in [0.5, 0.6) is 0 Å². The van der Waals surface area contributed by atoms with Crippen LogP contribution in [0.15, 0.2) is 30.9 Å². The number of nitrogens with zero attached hydrogens (tertiary/aromatic N) is 3. The molecule has 0 bridgehead atoms. The first kappa shape index (κ1) is 25.3. The van der Waals surface area contributed by atoms with Crippen LogP contribution >= 0.6 is 0 Å². The third-order valence-corrected chi connectivity index (χ3v) is 6.40. The molecule has 1 aromatic carbocycles. The number of ether oxygens (including phenoxy) is 1. The second-order valence-electron chi connectivity index (χ2n) is 10.00. The zero-order chi connectivity index (χ0) is 25.3. The number of carbonyl (C=O) groups is 4. The van der Waals surface area contributed by atoms with Crippen LogP contribution in [0.25, 0.3) is 0 Å². The summed E-state index contributed by atoms with van der Waals surface area (Å²) in [5.41, 5.74) is 6.13. The number of primary amides is 1. The first-order valence-corrected chi connectivity index (χ1v) is 11.5. The highest BCUT2D eigenvalue weighted by molar-refractivity contribution is 6.02. The molecular weight excluding hydrogens is 436 g/mol. The summed E-state index contributed by atoms with van der Waals surface area (Å²) in [5, 5.41) is 0. The first-order chi connectivity index (χ1) is 15.9. The molecular formula is C25H34N4O5. The molecule has 34 heavy (non-hydrogen) atoms. The monoisotopic (exact) mass is 470 g/mol. The summed E-state index contributed by atoms with van der Waals surface area (Å²) in [6, 6.07) is 5.60. The molecule has 0 saturated carbocycles. The molecule has 0 spiro atoms. The number of nitrogens with two attached hydrogens (primary N) is 1. The smallest absolute Gasteiger partial charge is 0.410 e. The average Bonchev–Trinajstić information content (AvgIpc) is 3.12. The summed E-state index contributed by atoms with van der Waals surface area (Å²) in [7, 11) is 0. The van der Waals surface area contributed by atoms with Gasteiger partial charge in [0.2, 0.25) is 5.91 Å². The Morgan fingerprint density at radius 1 is 1.12 bits per heavy atom. The van der Waals surface area contributed by atoms with Crippen molar-refractivity contribution in [3.05, 3.63) is 42.0 Å². The van der Waals surface area contributed by atoms with Crippen LogP contribution in [0, 0.1) is 0 Å². The Morgan fingerprint density at radius 2 is 1.76 bits per heavy atom. The molecule has 0 unspecified atom stereocenters. The average molecular weight is 471 g/mol. The summed E-state index contributed by atoms with van der Waals surface area (Å²) < 4.78 is 5.46. The Morgan fingerprint density at radius 3 is 2.32 bits per heavy atom. The Bertz CT molecular complexity index is 1010. The summed E-state index contributed by atoms with van der Waals surface area (Å²) in [6.07, 6.45) is 1.10. The highest BCUT2D eigenvalue weighted by atomic mass is 16.6. The van der Waals surface area contributed by atoms with Crippen LogP contribution in [0.2, 0.25) is 0 Å². The molecule has 184 valence electrons. The molecule has 1 atom stereocenters. The molecule has 1 aromatic rings. The van der Waals surface area contributed by atoms with Crippen molar-refractivity contribution < 1.29 is 23.9 Å². The topological polar surface area (TPSA) is 113 Å². The van der Waals surface area contributed by atoms with E-state index in [-0.39, 0.29) is 37.2 Å². The van der Waals surface area contributed by atoms with Crippen LogP contribution in [0.3, 0.4) is 0 Å². The number of fused-ring (bicyclic) bond motifs is 1. The van der Waals surface area contributed by atoms with E-state index in [1.807, 2.05) is 32.9 Å². The number of allylic oxidation sites excluding steroid dienone is 1. The SMILES string of the molecule is C=CC(=O)CC[C@@](C)(C(N)=O)N1Cc2cc(N3CCN(C(=O)OC(C)(C)C)CC3)ccc2C1=O. The minimum Gasteiger partial charge on any atom is -0.444 e.